The number of hydrogen-bond donors (Lipinski definition) is 3. The number of hydrogen-bond acceptors (Lipinski definition) is 3. The zero-order valence-electron chi connectivity index (χ0n) is 21.5. The SMILES string of the molecule is C[C@](Cc1c[nH]c2ccccc12)(NC(=O)O[C@@H]1CC[C@@H]2[C@@H]3CC[C@@H](C3)[C@@H]21)C(=O)NCCc1ccccc1. The first-order valence-corrected chi connectivity index (χ1v) is 13.9. The van der Waals surface area contributed by atoms with Crippen LogP contribution in [0.3, 0.4) is 0 Å². The summed E-state index contributed by atoms with van der Waals surface area (Å²) in [4.78, 5) is 30.2. The van der Waals surface area contributed by atoms with Crippen molar-refractivity contribution in [3.05, 3.63) is 71.9 Å². The van der Waals surface area contributed by atoms with Crippen molar-refractivity contribution < 1.29 is 14.3 Å². The molecule has 6 nitrogen and oxygen atoms in total. The number of ether oxygens (including phenoxy) is 1. The third kappa shape index (κ3) is 4.74. The number of amides is 2. The highest BCUT2D eigenvalue weighted by atomic mass is 16.6. The van der Waals surface area contributed by atoms with Gasteiger partial charge in [0, 0.05) is 36.0 Å². The van der Waals surface area contributed by atoms with Gasteiger partial charge in [0.05, 0.1) is 0 Å². The summed E-state index contributed by atoms with van der Waals surface area (Å²) in [6.45, 7) is 2.31. The fourth-order valence-corrected chi connectivity index (χ4v) is 7.54. The van der Waals surface area contributed by atoms with Crippen LogP contribution in [0, 0.1) is 23.7 Å². The van der Waals surface area contributed by atoms with E-state index < -0.39 is 11.6 Å². The first-order valence-electron chi connectivity index (χ1n) is 13.9. The van der Waals surface area contributed by atoms with Crippen LogP contribution in [0.15, 0.2) is 60.8 Å². The summed E-state index contributed by atoms with van der Waals surface area (Å²) in [6, 6.07) is 18.1. The van der Waals surface area contributed by atoms with Crippen LogP contribution in [-0.2, 0) is 22.4 Å². The number of aromatic amines is 1. The van der Waals surface area contributed by atoms with Crippen molar-refractivity contribution in [1.82, 2.24) is 15.6 Å². The van der Waals surface area contributed by atoms with Gasteiger partial charge < -0.3 is 20.4 Å². The average Bonchev–Trinajstić information content (AvgIpc) is 3.69. The molecule has 0 aliphatic heterocycles. The molecule has 3 aromatic rings. The van der Waals surface area contributed by atoms with Crippen molar-refractivity contribution in [3.63, 3.8) is 0 Å². The fourth-order valence-electron chi connectivity index (χ4n) is 7.54. The average molecular weight is 500 g/mol. The monoisotopic (exact) mass is 499 g/mol. The Bertz CT molecular complexity index is 1270. The van der Waals surface area contributed by atoms with E-state index in [2.05, 4.69) is 27.8 Å². The highest BCUT2D eigenvalue weighted by Gasteiger charge is 2.54. The molecule has 37 heavy (non-hydrogen) atoms. The lowest BCUT2D eigenvalue weighted by Crippen LogP contribution is -2.59. The van der Waals surface area contributed by atoms with Gasteiger partial charge in [-0.05, 0) is 80.4 Å². The molecule has 3 fully saturated rings. The van der Waals surface area contributed by atoms with E-state index in [1.165, 1.54) is 19.3 Å². The molecule has 2 aromatic carbocycles. The highest BCUT2D eigenvalue weighted by Crippen LogP contribution is 2.59. The maximum absolute atomic E-state index is 13.6. The number of rotatable bonds is 8. The Balaban J connectivity index is 1.16. The zero-order chi connectivity index (χ0) is 25.4. The van der Waals surface area contributed by atoms with E-state index in [-0.39, 0.29) is 12.0 Å². The van der Waals surface area contributed by atoms with E-state index in [1.54, 1.807) is 0 Å². The Morgan fingerprint density at radius 3 is 2.65 bits per heavy atom. The molecule has 3 N–H and O–H groups in total. The Kier molecular flexibility index (Phi) is 6.43. The van der Waals surface area contributed by atoms with Crippen LogP contribution in [0.4, 0.5) is 4.79 Å². The third-order valence-corrected chi connectivity index (χ3v) is 9.27. The standard InChI is InChI=1S/C31H37N3O3/c1-31(18-23-19-33-26-10-6-5-9-24(23)26,29(35)32-16-15-20-7-3-2-4-8-20)34-30(36)37-27-14-13-25-21-11-12-22(17-21)28(25)27/h2-10,19,21-22,25,27-28,33H,11-18H2,1H3,(H,32,35)(H,34,36)/t21-,22+,25-,27-,28+,31-/m1/s1. The largest absolute Gasteiger partial charge is 0.446 e. The van der Waals surface area contributed by atoms with Crippen molar-refractivity contribution in [2.75, 3.05) is 6.54 Å². The normalized spacial score (nSPS) is 27.5. The molecule has 1 heterocycles. The van der Waals surface area contributed by atoms with Gasteiger partial charge in [-0.1, -0.05) is 48.5 Å². The quantitative estimate of drug-likeness (QED) is 0.389. The lowest BCUT2D eigenvalue weighted by atomic mass is 9.81. The molecule has 6 atom stereocenters. The van der Waals surface area contributed by atoms with Crippen molar-refractivity contribution in [2.24, 2.45) is 23.7 Å². The molecule has 0 radical (unpaired) electrons. The number of fused-ring (bicyclic) bond motifs is 6. The molecule has 6 heteroatoms. The minimum Gasteiger partial charge on any atom is -0.446 e. The van der Waals surface area contributed by atoms with Gasteiger partial charge in [-0.3, -0.25) is 4.79 Å². The van der Waals surface area contributed by atoms with Crippen molar-refractivity contribution in [1.29, 1.82) is 0 Å². The van der Waals surface area contributed by atoms with Crippen LogP contribution >= 0.6 is 0 Å². The number of aromatic nitrogens is 1. The van der Waals surface area contributed by atoms with Crippen LogP contribution < -0.4 is 10.6 Å². The van der Waals surface area contributed by atoms with Crippen LogP contribution in [0.1, 0.15) is 50.2 Å². The molecule has 194 valence electrons. The van der Waals surface area contributed by atoms with Crippen molar-refractivity contribution in [3.8, 4) is 0 Å². The van der Waals surface area contributed by atoms with Crippen LogP contribution in [0.25, 0.3) is 10.9 Å². The van der Waals surface area contributed by atoms with E-state index in [9.17, 15) is 9.59 Å². The van der Waals surface area contributed by atoms with E-state index in [4.69, 9.17) is 4.74 Å². The molecule has 6 rings (SSSR count). The Labute approximate surface area is 218 Å². The fraction of sp³-hybridized carbons (Fsp3) is 0.484. The summed E-state index contributed by atoms with van der Waals surface area (Å²) < 4.78 is 6.07. The Morgan fingerprint density at radius 2 is 1.78 bits per heavy atom. The molecule has 3 saturated carbocycles. The number of carbonyl (C=O) groups is 2. The number of para-hydroxylation sites is 1. The lowest BCUT2D eigenvalue weighted by molar-refractivity contribution is -0.127. The van der Waals surface area contributed by atoms with Gasteiger partial charge in [-0.15, -0.1) is 0 Å². The second kappa shape index (κ2) is 9.88. The van der Waals surface area contributed by atoms with Gasteiger partial charge in [0.15, 0.2) is 0 Å². The smallest absolute Gasteiger partial charge is 0.408 e. The molecular formula is C31H37N3O3. The van der Waals surface area contributed by atoms with Crippen LogP contribution in [0.2, 0.25) is 0 Å². The summed E-state index contributed by atoms with van der Waals surface area (Å²) in [6.07, 6.45) is 8.55. The summed E-state index contributed by atoms with van der Waals surface area (Å²) in [7, 11) is 0. The predicted molar refractivity (Wildman–Crippen MR) is 144 cm³/mol. The molecule has 0 saturated heterocycles. The Hall–Kier alpha value is -3.28. The lowest BCUT2D eigenvalue weighted by Gasteiger charge is -2.32. The number of H-pyrrole nitrogens is 1. The number of alkyl carbamates (subject to hydrolysis) is 1. The Morgan fingerprint density at radius 1 is 1.00 bits per heavy atom. The maximum Gasteiger partial charge on any atom is 0.408 e. The number of nitrogens with one attached hydrogen (secondary N) is 3. The zero-order valence-corrected chi connectivity index (χ0v) is 21.5. The van der Waals surface area contributed by atoms with Gasteiger partial charge in [-0.25, -0.2) is 4.79 Å². The van der Waals surface area contributed by atoms with E-state index in [1.807, 2.05) is 55.6 Å². The number of carbonyl (C=O) groups excluding carboxylic acids is 2. The van der Waals surface area contributed by atoms with Gasteiger partial charge in [-0.2, -0.15) is 0 Å². The van der Waals surface area contributed by atoms with Crippen molar-refractivity contribution in [2.45, 2.75) is 63.5 Å². The van der Waals surface area contributed by atoms with Crippen molar-refractivity contribution >= 4 is 22.9 Å². The molecule has 1 aromatic heterocycles. The van der Waals surface area contributed by atoms with Gasteiger partial charge >= 0.3 is 6.09 Å². The second-order valence-corrected chi connectivity index (χ2v) is 11.6. The summed E-state index contributed by atoms with van der Waals surface area (Å²) in [5.41, 5.74) is 2.02. The summed E-state index contributed by atoms with van der Waals surface area (Å²) in [5, 5.41) is 7.14. The molecule has 2 amide bonds. The predicted octanol–water partition coefficient (Wildman–Crippen LogP) is 5.38. The third-order valence-electron chi connectivity index (χ3n) is 9.27. The summed E-state index contributed by atoms with van der Waals surface area (Å²) >= 11 is 0. The van der Waals surface area contributed by atoms with E-state index >= 15 is 0 Å². The van der Waals surface area contributed by atoms with Crippen LogP contribution in [0.5, 0.6) is 0 Å². The topological polar surface area (TPSA) is 83.2 Å². The second-order valence-electron chi connectivity index (χ2n) is 11.6. The first-order chi connectivity index (χ1) is 18.0. The minimum atomic E-state index is -1.15. The first kappa shape index (κ1) is 24.1. The highest BCUT2D eigenvalue weighted by molar-refractivity contribution is 5.91. The number of benzene rings is 2. The van der Waals surface area contributed by atoms with Gasteiger partial charge in [0.2, 0.25) is 5.91 Å². The molecule has 2 bridgehead atoms. The van der Waals surface area contributed by atoms with Gasteiger partial charge in [0.25, 0.3) is 0 Å². The van der Waals surface area contributed by atoms with E-state index in [0.717, 1.165) is 53.1 Å². The molecule has 0 spiro atoms. The van der Waals surface area contributed by atoms with Crippen LogP contribution in [-0.4, -0.2) is 35.2 Å². The molecule has 0 unspecified atom stereocenters. The minimum absolute atomic E-state index is 0.0289. The van der Waals surface area contributed by atoms with E-state index in [0.29, 0.717) is 24.8 Å². The molecule has 3 aliphatic carbocycles. The molecular weight excluding hydrogens is 462 g/mol. The van der Waals surface area contributed by atoms with Gasteiger partial charge in [0.1, 0.15) is 11.6 Å². The maximum atomic E-state index is 13.6. The summed E-state index contributed by atoms with van der Waals surface area (Å²) in [5.74, 6) is 2.55. The molecule has 3 aliphatic rings.